The lowest BCUT2D eigenvalue weighted by Crippen LogP contribution is -2.38. The summed E-state index contributed by atoms with van der Waals surface area (Å²) in [5.74, 6) is -0.122. The van der Waals surface area contributed by atoms with E-state index in [1.807, 2.05) is 0 Å². The molecule has 0 aliphatic carbocycles. The van der Waals surface area contributed by atoms with E-state index in [2.05, 4.69) is 58.2 Å². The average Bonchev–Trinajstić information content (AvgIpc) is 2.47. The number of benzene rings is 1. The van der Waals surface area contributed by atoms with Crippen molar-refractivity contribution in [3.8, 4) is 0 Å². The summed E-state index contributed by atoms with van der Waals surface area (Å²) in [5.41, 5.74) is 7.86. The van der Waals surface area contributed by atoms with E-state index in [9.17, 15) is 4.79 Å². The number of nitrogens with two attached hydrogens (primary N) is 1. The van der Waals surface area contributed by atoms with Gasteiger partial charge in [0, 0.05) is 35.2 Å². The van der Waals surface area contributed by atoms with Crippen LogP contribution in [0.4, 0.5) is 5.69 Å². The number of anilines is 1. The van der Waals surface area contributed by atoms with Gasteiger partial charge in [0.1, 0.15) is 0 Å². The van der Waals surface area contributed by atoms with Crippen molar-refractivity contribution in [3.05, 3.63) is 28.2 Å². The largest absolute Gasteiger partial charge is 0.371 e. The molecule has 0 aromatic heterocycles. The van der Waals surface area contributed by atoms with Crippen molar-refractivity contribution in [2.24, 2.45) is 11.7 Å². The molecular weight excluding hydrogens is 330 g/mol. The second-order valence-corrected chi connectivity index (χ2v) is 6.50. The molecule has 21 heavy (non-hydrogen) atoms. The first-order valence-electron chi connectivity index (χ1n) is 7.60. The lowest BCUT2D eigenvalue weighted by Gasteiger charge is -2.32. The molecule has 1 unspecified atom stereocenters. The Labute approximate surface area is 135 Å². The number of nitrogens with one attached hydrogen (secondary N) is 1. The van der Waals surface area contributed by atoms with Crippen LogP contribution in [0.3, 0.4) is 0 Å². The zero-order chi connectivity index (χ0) is 15.4. The maximum atomic E-state index is 11.2. The van der Waals surface area contributed by atoms with Gasteiger partial charge in [-0.15, -0.1) is 0 Å². The third-order valence-electron chi connectivity index (χ3n) is 4.22. The number of hydrogen-bond donors (Lipinski definition) is 2. The van der Waals surface area contributed by atoms with Crippen molar-refractivity contribution in [3.63, 3.8) is 0 Å². The molecule has 1 atom stereocenters. The lowest BCUT2D eigenvalue weighted by atomic mass is 9.96. The average molecular weight is 354 g/mol. The first-order chi connectivity index (χ1) is 10.0. The zero-order valence-corrected chi connectivity index (χ0v) is 14.3. The van der Waals surface area contributed by atoms with E-state index < -0.39 is 0 Å². The van der Waals surface area contributed by atoms with E-state index in [0.29, 0.717) is 6.04 Å². The maximum absolute atomic E-state index is 11.2. The Hall–Kier alpha value is -1.07. The summed E-state index contributed by atoms with van der Waals surface area (Å²) in [6.07, 6.45) is 1.70. The van der Waals surface area contributed by atoms with Crippen molar-refractivity contribution < 1.29 is 4.79 Å². The molecule has 0 radical (unpaired) electrons. The highest BCUT2D eigenvalue weighted by Crippen LogP contribution is 2.30. The van der Waals surface area contributed by atoms with Gasteiger partial charge < -0.3 is 16.0 Å². The van der Waals surface area contributed by atoms with Gasteiger partial charge in [0.05, 0.1) is 0 Å². The monoisotopic (exact) mass is 353 g/mol. The van der Waals surface area contributed by atoms with Gasteiger partial charge >= 0.3 is 0 Å². The van der Waals surface area contributed by atoms with Crippen LogP contribution in [0, 0.1) is 5.92 Å². The Morgan fingerprint density at radius 2 is 2.14 bits per heavy atom. The molecule has 116 valence electrons. The number of halogens is 1. The molecule has 1 aromatic rings. The number of piperidine rings is 1. The molecule has 0 saturated carbocycles. The van der Waals surface area contributed by atoms with Gasteiger partial charge in [-0.05, 0) is 44.0 Å². The summed E-state index contributed by atoms with van der Waals surface area (Å²) in [5, 5.41) is 3.42. The molecule has 1 saturated heterocycles. The molecule has 3 N–H and O–H groups in total. The summed E-state index contributed by atoms with van der Waals surface area (Å²) in [6.45, 7) is 7.02. The molecule has 5 heteroatoms. The van der Waals surface area contributed by atoms with Crippen molar-refractivity contribution in [1.82, 2.24) is 5.32 Å². The number of hydrogen-bond acceptors (Lipinski definition) is 3. The number of primary amides is 1. The molecule has 0 bridgehead atoms. The van der Waals surface area contributed by atoms with Crippen LogP contribution >= 0.6 is 15.9 Å². The fraction of sp³-hybridized carbons (Fsp3) is 0.562. The fourth-order valence-corrected chi connectivity index (χ4v) is 3.61. The van der Waals surface area contributed by atoms with Crippen LogP contribution in [0.25, 0.3) is 0 Å². The second-order valence-electron chi connectivity index (χ2n) is 5.65. The minimum atomic E-state index is -0.161. The standard InChI is InChI=1S/C16H24BrN3O/c1-3-19-11(2)14-5-4-13(10-15(14)17)20-8-6-12(7-9-20)16(18)21/h4-5,10-12,19H,3,6-9H2,1-2H3,(H2,18,21). The molecule has 4 nitrogen and oxygen atoms in total. The van der Waals surface area contributed by atoms with Crippen LogP contribution in [-0.2, 0) is 4.79 Å². The van der Waals surface area contributed by atoms with Crippen LogP contribution < -0.4 is 16.0 Å². The van der Waals surface area contributed by atoms with Gasteiger partial charge in [-0.1, -0.05) is 28.9 Å². The van der Waals surface area contributed by atoms with Gasteiger partial charge in [0.25, 0.3) is 0 Å². The highest BCUT2D eigenvalue weighted by Gasteiger charge is 2.23. The van der Waals surface area contributed by atoms with Crippen molar-refractivity contribution in [2.45, 2.75) is 32.7 Å². The van der Waals surface area contributed by atoms with Gasteiger partial charge in [-0.25, -0.2) is 0 Å². The maximum Gasteiger partial charge on any atom is 0.220 e. The third kappa shape index (κ3) is 3.98. The van der Waals surface area contributed by atoms with E-state index in [0.717, 1.165) is 36.9 Å². The zero-order valence-electron chi connectivity index (χ0n) is 12.7. The van der Waals surface area contributed by atoms with Gasteiger partial charge in [0.15, 0.2) is 0 Å². The van der Waals surface area contributed by atoms with E-state index in [4.69, 9.17) is 5.73 Å². The minimum Gasteiger partial charge on any atom is -0.371 e. The lowest BCUT2D eigenvalue weighted by molar-refractivity contribution is -0.122. The SMILES string of the molecule is CCNC(C)c1ccc(N2CCC(C(N)=O)CC2)cc1Br. The molecule has 1 heterocycles. The molecular formula is C16H24BrN3O. The fourth-order valence-electron chi connectivity index (χ4n) is 2.90. The Morgan fingerprint density at radius 1 is 1.48 bits per heavy atom. The molecule has 1 aliphatic rings. The Morgan fingerprint density at radius 3 is 2.67 bits per heavy atom. The molecule has 0 spiro atoms. The van der Waals surface area contributed by atoms with Gasteiger partial charge in [-0.3, -0.25) is 4.79 Å². The first-order valence-corrected chi connectivity index (χ1v) is 8.39. The van der Waals surface area contributed by atoms with Gasteiger partial charge in [0.2, 0.25) is 5.91 Å². The Bertz CT molecular complexity index is 498. The normalized spacial score (nSPS) is 17.8. The number of nitrogens with zero attached hydrogens (tertiary/aromatic N) is 1. The van der Waals surface area contributed by atoms with Crippen LogP contribution in [0.5, 0.6) is 0 Å². The third-order valence-corrected chi connectivity index (χ3v) is 4.91. The van der Waals surface area contributed by atoms with Crippen LogP contribution in [0.15, 0.2) is 22.7 Å². The minimum absolute atomic E-state index is 0.0396. The summed E-state index contributed by atoms with van der Waals surface area (Å²) in [6, 6.07) is 6.85. The molecule has 1 fully saturated rings. The number of carbonyl (C=O) groups is 1. The van der Waals surface area contributed by atoms with Crippen LogP contribution in [-0.4, -0.2) is 25.5 Å². The summed E-state index contributed by atoms with van der Waals surface area (Å²) < 4.78 is 1.13. The van der Waals surface area contributed by atoms with E-state index in [1.54, 1.807) is 0 Å². The number of amides is 1. The summed E-state index contributed by atoms with van der Waals surface area (Å²) >= 11 is 3.68. The molecule has 1 amide bonds. The predicted molar refractivity (Wildman–Crippen MR) is 90.4 cm³/mol. The second kappa shape index (κ2) is 7.27. The van der Waals surface area contributed by atoms with Crippen LogP contribution in [0.2, 0.25) is 0 Å². The first kappa shape index (κ1) is 16.3. The van der Waals surface area contributed by atoms with E-state index >= 15 is 0 Å². The van der Waals surface area contributed by atoms with E-state index in [1.165, 1.54) is 11.3 Å². The van der Waals surface area contributed by atoms with Crippen molar-refractivity contribution in [1.29, 1.82) is 0 Å². The quantitative estimate of drug-likeness (QED) is 0.855. The molecule has 1 aromatic carbocycles. The topological polar surface area (TPSA) is 58.4 Å². The van der Waals surface area contributed by atoms with Crippen molar-refractivity contribution in [2.75, 3.05) is 24.5 Å². The van der Waals surface area contributed by atoms with Crippen LogP contribution in [0.1, 0.15) is 38.3 Å². The Kier molecular flexibility index (Phi) is 5.65. The highest BCUT2D eigenvalue weighted by molar-refractivity contribution is 9.10. The van der Waals surface area contributed by atoms with E-state index in [-0.39, 0.29) is 11.8 Å². The smallest absolute Gasteiger partial charge is 0.220 e. The number of rotatable bonds is 5. The summed E-state index contributed by atoms with van der Waals surface area (Å²) in [4.78, 5) is 13.5. The number of carbonyl (C=O) groups excluding carboxylic acids is 1. The Balaban J connectivity index is 2.05. The van der Waals surface area contributed by atoms with Crippen molar-refractivity contribution >= 4 is 27.5 Å². The highest BCUT2D eigenvalue weighted by atomic mass is 79.9. The molecule has 2 rings (SSSR count). The summed E-state index contributed by atoms with van der Waals surface area (Å²) in [7, 11) is 0. The molecule has 1 aliphatic heterocycles. The van der Waals surface area contributed by atoms with Gasteiger partial charge in [-0.2, -0.15) is 0 Å². The predicted octanol–water partition coefficient (Wildman–Crippen LogP) is 2.82.